The number of rotatable bonds is 7. The van der Waals surface area contributed by atoms with Gasteiger partial charge in [-0.15, -0.1) is 0 Å². The molecular formula is C24H34F4O. The summed E-state index contributed by atoms with van der Waals surface area (Å²) in [6, 6.07) is 3.20. The number of benzene rings is 1. The number of halogens is 4. The van der Waals surface area contributed by atoms with Crippen LogP contribution in [-0.4, -0.2) is 13.0 Å². The average Bonchev–Trinajstić information content (AvgIpc) is 2.70. The second-order valence-electron chi connectivity index (χ2n) is 9.34. The zero-order chi connectivity index (χ0) is 21.0. The number of ether oxygens (including phenoxy) is 1. The highest BCUT2D eigenvalue weighted by molar-refractivity contribution is 5.33. The smallest absolute Gasteiger partial charge is 0.245 e. The van der Waals surface area contributed by atoms with Crippen LogP contribution in [0.1, 0.15) is 89.0 Å². The van der Waals surface area contributed by atoms with Crippen LogP contribution in [0, 0.1) is 29.4 Å². The lowest BCUT2D eigenvalue weighted by atomic mass is 9.68. The van der Waals surface area contributed by atoms with Crippen molar-refractivity contribution >= 4 is 0 Å². The van der Waals surface area contributed by atoms with Gasteiger partial charge < -0.3 is 4.74 Å². The van der Waals surface area contributed by atoms with Crippen LogP contribution in [-0.2, 0) is 0 Å². The predicted octanol–water partition coefficient (Wildman–Crippen LogP) is 7.88. The van der Waals surface area contributed by atoms with E-state index in [0.29, 0.717) is 29.7 Å². The van der Waals surface area contributed by atoms with Crippen molar-refractivity contribution in [3.63, 3.8) is 0 Å². The molecule has 1 aromatic carbocycles. The Labute approximate surface area is 172 Å². The van der Waals surface area contributed by atoms with Gasteiger partial charge >= 0.3 is 0 Å². The molecule has 5 heteroatoms. The Hall–Kier alpha value is -1.26. The second-order valence-corrected chi connectivity index (χ2v) is 9.34. The van der Waals surface area contributed by atoms with Crippen LogP contribution in [0.25, 0.3) is 0 Å². The summed E-state index contributed by atoms with van der Waals surface area (Å²) in [5.74, 6) is -2.17. The summed E-state index contributed by atoms with van der Waals surface area (Å²) in [7, 11) is 1.34. The van der Waals surface area contributed by atoms with Crippen molar-refractivity contribution in [1.29, 1.82) is 0 Å². The lowest BCUT2D eigenvalue weighted by molar-refractivity contribution is 0.00859. The van der Waals surface area contributed by atoms with E-state index in [4.69, 9.17) is 4.74 Å². The zero-order valence-electron chi connectivity index (χ0n) is 17.7. The van der Waals surface area contributed by atoms with E-state index >= 15 is 0 Å². The summed E-state index contributed by atoms with van der Waals surface area (Å²) in [5, 5.41) is 0. The first-order valence-electron chi connectivity index (χ1n) is 11.2. The number of hydrogen-bond donors (Lipinski definition) is 0. The van der Waals surface area contributed by atoms with E-state index in [2.05, 4.69) is 0 Å². The van der Waals surface area contributed by atoms with Gasteiger partial charge in [-0.1, -0.05) is 25.3 Å². The molecule has 2 fully saturated rings. The molecule has 29 heavy (non-hydrogen) atoms. The van der Waals surface area contributed by atoms with Crippen molar-refractivity contribution in [3.8, 4) is 5.75 Å². The molecule has 3 rings (SSSR count). The van der Waals surface area contributed by atoms with Gasteiger partial charge in [-0.25, -0.2) is 13.2 Å². The van der Waals surface area contributed by atoms with Gasteiger partial charge in [-0.3, -0.25) is 0 Å². The van der Waals surface area contributed by atoms with Gasteiger partial charge in [-0.2, -0.15) is 4.39 Å². The fraction of sp³-hybridized carbons (Fsp3) is 0.750. The third-order valence-corrected chi connectivity index (χ3v) is 7.29. The molecule has 0 atom stereocenters. The van der Waals surface area contributed by atoms with E-state index in [9.17, 15) is 17.6 Å². The molecule has 0 heterocycles. The molecule has 164 valence electrons. The number of methoxy groups -OCH3 is 1. The first-order chi connectivity index (χ1) is 13.8. The van der Waals surface area contributed by atoms with Gasteiger partial charge in [0.25, 0.3) is 0 Å². The summed E-state index contributed by atoms with van der Waals surface area (Å²) in [5.41, 5.74) is 0.484. The van der Waals surface area contributed by atoms with Gasteiger partial charge in [0.1, 0.15) is 0 Å². The molecule has 0 aromatic heterocycles. The maximum Gasteiger partial charge on any atom is 0.245 e. The Morgan fingerprint density at radius 1 is 0.897 bits per heavy atom. The van der Waals surface area contributed by atoms with Crippen LogP contribution in [0.2, 0.25) is 0 Å². The highest BCUT2D eigenvalue weighted by atomic mass is 19.3. The second kappa shape index (κ2) is 9.70. The molecule has 1 nitrogen and oxygen atoms in total. The summed E-state index contributed by atoms with van der Waals surface area (Å²) >= 11 is 0. The normalized spacial score (nSPS) is 28.3. The van der Waals surface area contributed by atoms with Crippen LogP contribution < -0.4 is 4.74 Å². The predicted molar refractivity (Wildman–Crippen MR) is 108 cm³/mol. The summed E-state index contributed by atoms with van der Waals surface area (Å²) < 4.78 is 59.2. The highest BCUT2D eigenvalue weighted by Crippen LogP contribution is 2.45. The molecule has 0 bridgehead atoms. The Kier molecular flexibility index (Phi) is 7.50. The third kappa shape index (κ3) is 5.88. The topological polar surface area (TPSA) is 9.23 Å². The fourth-order valence-corrected chi connectivity index (χ4v) is 5.57. The van der Waals surface area contributed by atoms with E-state index in [-0.39, 0.29) is 18.1 Å². The highest BCUT2D eigenvalue weighted by Gasteiger charge is 2.33. The number of hydrogen-bond acceptors (Lipinski definition) is 1. The minimum atomic E-state index is -2.54. The Balaban J connectivity index is 1.44. The third-order valence-electron chi connectivity index (χ3n) is 7.29. The molecule has 2 saturated carbocycles. The molecule has 2 aliphatic carbocycles. The van der Waals surface area contributed by atoms with Crippen molar-refractivity contribution in [2.45, 2.75) is 89.4 Å². The van der Waals surface area contributed by atoms with E-state index < -0.39 is 17.6 Å². The van der Waals surface area contributed by atoms with E-state index in [1.54, 1.807) is 6.07 Å². The van der Waals surface area contributed by atoms with Gasteiger partial charge in [-0.05, 0) is 87.2 Å². The van der Waals surface area contributed by atoms with Crippen LogP contribution in [0.4, 0.5) is 17.6 Å². The van der Waals surface area contributed by atoms with Gasteiger partial charge in [0.05, 0.1) is 7.11 Å². The summed E-state index contributed by atoms with van der Waals surface area (Å²) in [6.07, 6.45) is 10.2. The Morgan fingerprint density at radius 2 is 1.48 bits per heavy atom. The zero-order valence-corrected chi connectivity index (χ0v) is 17.7. The Morgan fingerprint density at radius 3 is 2.03 bits per heavy atom. The largest absolute Gasteiger partial charge is 0.494 e. The minimum Gasteiger partial charge on any atom is -0.494 e. The first kappa shape index (κ1) is 22.4. The lowest BCUT2D eigenvalue weighted by Crippen LogP contribution is -2.26. The molecule has 0 amide bonds. The van der Waals surface area contributed by atoms with Gasteiger partial charge in [0, 0.05) is 6.42 Å². The van der Waals surface area contributed by atoms with Crippen molar-refractivity contribution in [3.05, 3.63) is 29.3 Å². The number of alkyl halides is 2. The van der Waals surface area contributed by atoms with Crippen molar-refractivity contribution in [1.82, 2.24) is 0 Å². The maximum absolute atomic E-state index is 14.4. The van der Waals surface area contributed by atoms with Gasteiger partial charge in [0.15, 0.2) is 11.6 Å². The van der Waals surface area contributed by atoms with Crippen LogP contribution in [0.15, 0.2) is 12.1 Å². The molecule has 2 aliphatic rings. The molecule has 0 spiro atoms. The lowest BCUT2D eigenvalue weighted by Gasteiger charge is -2.38. The van der Waals surface area contributed by atoms with Gasteiger partial charge in [0.2, 0.25) is 11.7 Å². The van der Waals surface area contributed by atoms with E-state index in [1.165, 1.54) is 26.0 Å². The Bertz CT molecular complexity index is 654. The van der Waals surface area contributed by atoms with E-state index in [1.807, 2.05) is 0 Å². The molecule has 0 saturated heterocycles. The SMILES string of the molecule is COc1ccc(C2CCC(C3CCC(CCCC(C)(F)F)CC3)CC2)c(F)c1F. The van der Waals surface area contributed by atoms with Crippen molar-refractivity contribution in [2.24, 2.45) is 17.8 Å². The first-order valence-corrected chi connectivity index (χ1v) is 11.2. The van der Waals surface area contributed by atoms with Crippen LogP contribution in [0.5, 0.6) is 5.75 Å². The molecule has 0 aliphatic heterocycles. The molecule has 0 unspecified atom stereocenters. The van der Waals surface area contributed by atoms with E-state index in [0.717, 1.165) is 51.9 Å². The van der Waals surface area contributed by atoms with Crippen molar-refractivity contribution < 1.29 is 22.3 Å². The monoisotopic (exact) mass is 414 g/mol. The average molecular weight is 415 g/mol. The minimum absolute atomic E-state index is 0.000539. The summed E-state index contributed by atoms with van der Waals surface area (Å²) in [4.78, 5) is 0. The summed E-state index contributed by atoms with van der Waals surface area (Å²) in [6.45, 7) is 1.01. The van der Waals surface area contributed by atoms with Crippen LogP contribution >= 0.6 is 0 Å². The standard InChI is InChI=1S/C24H34F4O/c1-24(27,28)15-3-4-16-5-7-17(8-6-16)18-9-11-19(12-10-18)20-13-14-21(29-2)23(26)22(20)25/h13-14,16-19H,3-12,15H2,1-2H3. The van der Waals surface area contributed by atoms with Crippen LogP contribution in [0.3, 0.4) is 0 Å². The maximum atomic E-state index is 14.4. The van der Waals surface area contributed by atoms with Crippen molar-refractivity contribution in [2.75, 3.05) is 7.11 Å². The fourth-order valence-electron chi connectivity index (χ4n) is 5.57. The molecular weight excluding hydrogens is 380 g/mol. The molecule has 0 radical (unpaired) electrons. The quantitative estimate of drug-likeness (QED) is 0.412. The molecule has 1 aromatic rings. The molecule has 0 N–H and O–H groups in total.